The molecule has 0 amide bonds. The van der Waals surface area contributed by atoms with Gasteiger partial charge in [0.15, 0.2) is 0 Å². The van der Waals surface area contributed by atoms with Crippen LogP contribution in [0, 0.1) is 0 Å². The van der Waals surface area contributed by atoms with E-state index in [1.54, 1.807) is 0 Å². The van der Waals surface area contributed by atoms with Crippen LogP contribution in [0.15, 0.2) is 0 Å². The Balaban J connectivity index is 3.13. The smallest absolute Gasteiger partial charge is 0.305 e. The monoisotopic (exact) mass is 302 g/mol. The molecule has 0 atom stereocenters. The molecule has 4 nitrogen and oxygen atoms in total. The molecule has 0 heterocycles. The summed E-state index contributed by atoms with van der Waals surface area (Å²) in [6, 6.07) is 0. The first-order valence-corrected chi connectivity index (χ1v) is 8.62. The first-order valence-electron chi connectivity index (χ1n) is 8.62. The summed E-state index contributed by atoms with van der Waals surface area (Å²) in [5.41, 5.74) is 0. The summed E-state index contributed by atoms with van der Waals surface area (Å²) in [5.74, 6) is -0.102. The number of carbonyl (C=O) groups is 1. The summed E-state index contributed by atoms with van der Waals surface area (Å²) in [6.07, 6.45) is 9.84. The molecule has 0 saturated heterocycles. The third kappa shape index (κ3) is 17.3. The van der Waals surface area contributed by atoms with Gasteiger partial charge in [-0.05, 0) is 19.8 Å². The van der Waals surface area contributed by atoms with Crippen molar-refractivity contribution >= 4 is 5.97 Å². The number of hydrogen-bond donors (Lipinski definition) is 0. The maximum Gasteiger partial charge on any atom is 0.305 e. The molecule has 0 aliphatic rings. The first kappa shape index (κ1) is 20.4. The van der Waals surface area contributed by atoms with Crippen LogP contribution >= 0.6 is 0 Å². The van der Waals surface area contributed by atoms with Gasteiger partial charge in [-0.25, -0.2) is 0 Å². The molecule has 0 saturated carbocycles. The molecule has 0 aliphatic carbocycles. The Morgan fingerprint density at radius 2 is 1.38 bits per heavy atom. The average Bonchev–Trinajstić information content (AvgIpc) is 2.49. The van der Waals surface area contributed by atoms with Crippen molar-refractivity contribution in [3.8, 4) is 0 Å². The van der Waals surface area contributed by atoms with Crippen LogP contribution in [0.1, 0.15) is 71.6 Å². The van der Waals surface area contributed by atoms with Gasteiger partial charge in [0.25, 0.3) is 0 Å². The van der Waals surface area contributed by atoms with Gasteiger partial charge in [-0.2, -0.15) is 0 Å². The van der Waals surface area contributed by atoms with E-state index in [9.17, 15) is 4.79 Å². The molecule has 0 N–H and O–H groups in total. The second kappa shape index (κ2) is 17.4. The van der Waals surface area contributed by atoms with Crippen LogP contribution < -0.4 is 0 Å². The van der Waals surface area contributed by atoms with Crippen molar-refractivity contribution in [2.45, 2.75) is 71.6 Å². The Bertz CT molecular complexity index is 219. The topological polar surface area (TPSA) is 44.8 Å². The number of hydrogen-bond acceptors (Lipinski definition) is 4. The Hall–Kier alpha value is -0.610. The molecule has 0 aromatic rings. The van der Waals surface area contributed by atoms with Gasteiger partial charge < -0.3 is 14.2 Å². The van der Waals surface area contributed by atoms with Crippen molar-refractivity contribution < 1.29 is 19.0 Å². The molecule has 0 aromatic heterocycles. The molecule has 126 valence electrons. The number of esters is 1. The minimum atomic E-state index is -0.102. The lowest BCUT2D eigenvalue weighted by Gasteiger charge is -2.06. The lowest BCUT2D eigenvalue weighted by Crippen LogP contribution is -2.09. The molecule has 0 bridgehead atoms. The van der Waals surface area contributed by atoms with E-state index >= 15 is 0 Å². The molecule has 0 aliphatic heterocycles. The zero-order valence-corrected chi connectivity index (χ0v) is 14.0. The van der Waals surface area contributed by atoms with E-state index in [0.29, 0.717) is 39.5 Å². The van der Waals surface area contributed by atoms with Crippen LogP contribution in [0.2, 0.25) is 0 Å². The molecule has 0 unspecified atom stereocenters. The maximum absolute atomic E-state index is 11.4. The quantitative estimate of drug-likeness (QED) is 0.318. The van der Waals surface area contributed by atoms with E-state index in [-0.39, 0.29) is 5.97 Å². The molecular formula is C17H34O4. The predicted molar refractivity (Wildman–Crippen MR) is 85.5 cm³/mol. The summed E-state index contributed by atoms with van der Waals surface area (Å²) < 4.78 is 15.7. The van der Waals surface area contributed by atoms with Crippen molar-refractivity contribution in [1.82, 2.24) is 0 Å². The zero-order chi connectivity index (χ0) is 15.6. The third-order valence-corrected chi connectivity index (χ3v) is 3.26. The highest BCUT2D eigenvalue weighted by molar-refractivity contribution is 5.69. The second-order valence-corrected chi connectivity index (χ2v) is 5.25. The van der Waals surface area contributed by atoms with Gasteiger partial charge in [0.2, 0.25) is 0 Å². The van der Waals surface area contributed by atoms with Gasteiger partial charge in [-0.3, -0.25) is 4.79 Å². The number of carbonyl (C=O) groups excluding carboxylic acids is 1. The molecule has 0 fully saturated rings. The van der Waals surface area contributed by atoms with E-state index in [4.69, 9.17) is 14.2 Å². The number of ether oxygens (including phenoxy) is 3. The Morgan fingerprint density at radius 1 is 0.714 bits per heavy atom. The summed E-state index contributed by atoms with van der Waals surface area (Å²) in [5, 5.41) is 0. The SMILES string of the molecule is CCCCCCCCCOC(=O)CCCOCCOCC. The van der Waals surface area contributed by atoms with E-state index in [2.05, 4.69) is 6.92 Å². The van der Waals surface area contributed by atoms with Crippen LogP contribution in [0.5, 0.6) is 0 Å². The van der Waals surface area contributed by atoms with Crippen LogP contribution in [0.3, 0.4) is 0 Å². The van der Waals surface area contributed by atoms with E-state index in [1.807, 2.05) is 6.92 Å². The van der Waals surface area contributed by atoms with Gasteiger partial charge in [0.05, 0.1) is 19.8 Å². The standard InChI is InChI=1S/C17H34O4/c1-3-5-6-7-8-9-10-14-21-17(18)12-11-13-20-16-15-19-4-2/h3-16H2,1-2H3. The van der Waals surface area contributed by atoms with Gasteiger partial charge in [-0.15, -0.1) is 0 Å². The molecule has 0 spiro atoms. The predicted octanol–water partition coefficient (Wildman–Crippen LogP) is 4.11. The average molecular weight is 302 g/mol. The minimum Gasteiger partial charge on any atom is -0.466 e. The highest BCUT2D eigenvalue weighted by Gasteiger charge is 2.02. The van der Waals surface area contributed by atoms with E-state index < -0.39 is 0 Å². The summed E-state index contributed by atoms with van der Waals surface area (Å²) >= 11 is 0. The first-order chi connectivity index (χ1) is 10.3. The number of unbranched alkanes of at least 4 members (excludes halogenated alkanes) is 6. The molecule has 4 heteroatoms. The van der Waals surface area contributed by atoms with Crippen molar-refractivity contribution in [3.05, 3.63) is 0 Å². The fourth-order valence-electron chi connectivity index (χ4n) is 2.00. The Labute approximate surface area is 130 Å². The largest absolute Gasteiger partial charge is 0.466 e. The highest BCUT2D eigenvalue weighted by atomic mass is 16.5. The zero-order valence-electron chi connectivity index (χ0n) is 14.0. The highest BCUT2D eigenvalue weighted by Crippen LogP contribution is 2.07. The van der Waals surface area contributed by atoms with Gasteiger partial charge in [-0.1, -0.05) is 45.4 Å². The van der Waals surface area contributed by atoms with Crippen molar-refractivity contribution in [2.24, 2.45) is 0 Å². The van der Waals surface area contributed by atoms with Gasteiger partial charge >= 0.3 is 5.97 Å². The van der Waals surface area contributed by atoms with E-state index in [0.717, 1.165) is 19.3 Å². The molecule has 0 aromatic carbocycles. The lowest BCUT2D eigenvalue weighted by atomic mass is 10.1. The second-order valence-electron chi connectivity index (χ2n) is 5.25. The maximum atomic E-state index is 11.4. The normalized spacial score (nSPS) is 10.8. The van der Waals surface area contributed by atoms with Crippen molar-refractivity contribution in [2.75, 3.05) is 33.0 Å². The van der Waals surface area contributed by atoms with Gasteiger partial charge in [0.1, 0.15) is 0 Å². The van der Waals surface area contributed by atoms with Crippen LogP contribution in [0.25, 0.3) is 0 Å². The Kier molecular flexibility index (Phi) is 16.9. The van der Waals surface area contributed by atoms with Crippen molar-refractivity contribution in [3.63, 3.8) is 0 Å². The van der Waals surface area contributed by atoms with Crippen LogP contribution in [-0.4, -0.2) is 39.0 Å². The summed E-state index contributed by atoms with van der Waals surface area (Å²) in [6.45, 7) is 7.29. The van der Waals surface area contributed by atoms with E-state index in [1.165, 1.54) is 32.1 Å². The molecular weight excluding hydrogens is 268 g/mol. The van der Waals surface area contributed by atoms with Crippen LogP contribution in [0.4, 0.5) is 0 Å². The molecule has 0 radical (unpaired) electrons. The fourth-order valence-corrected chi connectivity index (χ4v) is 2.00. The minimum absolute atomic E-state index is 0.102. The molecule has 0 rings (SSSR count). The third-order valence-electron chi connectivity index (χ3n) is 3.26. The summed E-state index contributed by atoms with van der Waals surface area (Å²) in [7, 11) is 0. The molecule has 21 heavy (non-hydrogen) atoms. The van der Waals surface area contributed by atoms with Crippen LogP contribution in [-0.2, 0) is 19.0 Å². The number of rotatable bonds is 16. The Morgan fingerprint density at radius 3 is 2.10 bits per heavy atom. The lowest BCUT2D eigenvalue weighted by molar-refractivity contribution is -0.144. The summed E-state index contributed by atoms with van der Waals surface area (Å²) in [4.78, 5) is 11.4. The fraction of sp³-hybridized carbons (Fsp3) is 0.941. The van der Waals surface area contributed by atoms with Crippen molar-refractivity contribution in [1.29, 1.82) is 0 Å². The van der Waals surface area contributed by atoms with Gasteiger partial charge in [0, 0.05) is 19.6 Å².